The van der Waals surface area contributed by atoms with E-state index in [9.17, 15) is 0 Å². The van der Waals surface area contributed by atoms with Crippen molar-refractivity contribution < 1.29 is 4.74 Å². The van der Waals surface area contributed by atoms with Crippen molar-refractivity contribution in [2.45, 2.75) is 6.23 Å². The number of methoxy groups -OCH3 is 1. The molecule has 1 rings (SSSR count). The topological polar surface area (TPSA) is 34.1 Å². The number of aromatic nitrogens is 1. The van der Waals surface area contributed by atoms with Gasteiger partial charge in [-0.05, 0) is 19.2 Å². The Balaban J connectivity index is 2.74. The molecule has 0 fully saturated rings. The first kappa shape index (κ1) is 8.17. The molecule has 0 amide bonds. The molecule has 0 aromatic carbocycles. The number of nitrogens with one attached hydrogen (secondary N) is 1. The smallest absolute Gasteiger partial charge is 0.150 e. The predicted octanol–water partition coefficient (Wildman–Crippen LogP) is 0.946. The van der Waals surface area contributed by atoms with E-state index in [2.05, 4.69) is 10.3 Å². The quantitative estimate of drug-likeness (QED) is 0.655. The molecular weight excluding hydrogens is 140 g/mol. The Kier molecular flexibility index (Phi) is 3.01. The molecule has 1 aromatic rings. The van der Waals surface area contributed by atoms with Crippen molar-refractivity contribution in [2.24, 2.45) is 0 Å². The molecule has 1 N–H and O–H groups in total. The van der Waals surface area contributed by atoms with Crippen molar-refractivity contribution >= 4 is 0 Å². The summed E-state index contributed by atoms with van der Waals surface area (Å²) in [6.07, 6.45) is 1.65. The van der Waals surface area contributed by atoms with Crippen LogP contribution in [0.1, 0.15) is 11.9 Å². The molecule has 0 bridgehead atoms. The average molecular weight is 152 g/mol. The van der Waals surface area contributed by atoms with E-state index < -0.39 is 0 Å². The monoisotopic (exact) mass is 152 g/mol. The van der Waals surface area contributed by atoms with Crippen molar-refractivity contribution in [2.75, 3.05) is 14.2 Å². The highest BCUT2D eigenvalue weighted by Crippen LogP contribution is 2.07. The summed E-state index contributed by atoms with van der Waals surface area (Å²) in [6.45, 7) is 0. The van der Waals surface area contributed by atoms with Crippen LogP contribution < -0.4 is 5.32 Å². The minimum Gasteiger partial charge on any atom is -0.361 e. The van der Waals surface area contributed by atoms with Crippen LogP contribution in [0.5, 0.6) is 0 Å². The van der Waals surface area contributed by atoms with Crippen molar-refractivity contribution in [1.29, 1.82) is 0 Å². The Morgan fingerprint density at radius 1 is 1.55 bits per heavy atom. The minimum absolute atomic E-state index is 0.101. The van der Waals surface area contributed by atoms with E-state index in [1.165, 1.54) is 0 Å². The van der Waals surface area contributed by atoms with Gasteiger partial charge < -0.3 is 4.74 Å². The van der Waals surface area contributed by atoms with E-state index in [1.54, 1.807) is 13.3 Å². The second-order valence-electron chi connectivity index (χ2n) is 2.16. The van der Waals surface area contributed by atoms with Gasteiger partial charge in [0.15, 0.2) is 6.23 Å². The van der Waals surface area contributed by atoms with Gasteiger partial charge in [-0.15, -0.1) is 0 Å². The number of rotatable bonds is 3. The largest absolute Gasteiger partial charge is 0.361 e. The molecular formula is C8H12N2O. The molecule has 0 saturated heterocycles. The van der Waals surface area contributed by atoms with Gasteiger partial charge >= 0.3 is 0 Å². The maximum absolute atomic E-state index is 5.11. The minimum atomic E-state index is -0.101. The number of nitrogens with zero attached hydrogens (tertiary/aromatic N) is 1. The Labute approximate surface area is 66.4 Å². The van der Waals surface area contributed by atoms with E-state index in [0.717, 1.165) is 5.69 Å². The fourth-order valence-electron chi connectivity index (χ4n) is 0.918. The molecule has 0 spiro atoms. The van der Waals surface area contributed by atoms with Crippen LogP contribution in [0, 0.1) is 0 Å². The van der Waals surface area contributed by atoms with E-state index in [1.807, 2.05) is 25.2 Å². The van der Waals surface area contributed by atoms with Crippen LogP contribution in [0.4, 0.5) is 0 Å². The zero-order chi connectivity index (χ0) is 8.10. The van der Waals surface area contributed by atoms with Gasteiger partial charge in [0.2, 0.25) is 0 Å². The average Bonchev–Trinajstić information content (AvgIpc) is 2.09. The fraction of sp³-hybridized carbons (Fsp3) is 0.375. The van der Waals surface area contributed by atoms with Gasteiger partial charge in [0.1, 0.15) is 0 Å². The predicted molar refractivity (Wildman–Crippen MR) is 43.0 cm³/mol. The van der Waals surface area contributed by atoms with Crippen LogP contribution in [0.25, 0.3) is 0 Å². The van der Waals surface area contributed by atoms with Crippen LogP contribution in [0.2, 0.25) is 0 Å². The third kappa shape index (κ3) is 2.00. The summed E-state index contributed by atoms with van der Waals surface area (Å²) in [7, 11) is 3.48. The van der Waals surface area contributed by atoms with E-state index in [-0.39, 0.29) is 6.23 Å². The van der Waals surface area contributed by atoms with Crippen molar-refractivity contribution in [1.82, 2.24) is 10.3 Å². The zero-order valence-corrected chi connectivity index (χ0v) is 6.74. The summed E-state index contributed by atoms with van der Waals surface area (Å²) in [5.41, 5.74) is 0.900. The summed E-state index contributed by atoms with van der Waals surface area (Å²) in [4.78, 5) is 4.13. The number of hydrogen-bond acceptors (Lipinski definition) is 3. The summed E-state index contributed by atoms with van der Waals surface area (Å²) >= 11 is 0. The van der Waals surface area contributed by atoms with Gasteiger partial charge in [-0.2, -0.15) is 0 Å². The third-order valence-electron chi connectivity index (χ3n) is 1.45. The fourth-order valence-corrected chi connectivity index (χ4v) is 0.918. The molecule has 0 aliphatic rings. The molecule has 3 heteroatoms. The van der Waals surface area contributed by atoms with Crippen LogP contribution in [0.3, 0.4) is 0 Å². The van der Waals surface area contributed by atoms with Crippen molar-refractivity contribution in [3.05, 3.63) is 30.1 Å². The lowest BCUT2D eigenvalue weighted by atomic mass is 10.3. The van der Waals surface area contributed by atoms with E-state index >= 15 is 0 Å². The highest BCUT2D eigenvalue weighted by Gasteiger charge is 2.06. The molecule has 11 heavy (non-hydrogen) atoms. The van der Waals surface area contributed by atoms with E-state index in [4.69, 9.17) is 4.74 Å². The molecule has 1 unspecified atom stereocenters. The summed E-state index contributed by atoms with van der Waals surface area (Å²) in [5, 5.41) is 2.98. The number of pyridine rings is 1. The lowest BCUT2D eigenvalue weighted by Crippen LogP contribution is -2.18. The van der Waals surface area contributed by atoms with Gasteiger partial charge in [0.05, 0.1) is 5.69 Å². The van der Waals surface area contributed by atoms with Gasteiger partial charge in [-0.3, -0.25) is 10.3 Å². The maximum Gasteiger partial charge on any atom is 0.150 e. The van der Waals surface area contributed by atoms with Gasteiger partial charge in [-0.25, -0.2) is 0 Å². The second-order valence-corrected chi connectivity index (χ2v) is 2.16. The Bertz CT molecular complexity index is 197. The zero-order valence-electron chi connectivity index (χ0n) is 6.74. The number of hydrogen-bond donors (Lipinski definition) is 1. The lowest BCUT2D eigenvalue weighted by molar-refractivity contribution is 0.0773. The number of ether oxygens (including phenoxy) is 1. The molecule has 0 saturated carbocycles. The first-order valence-corrected chi connectivity index (χ1v) is 3.49. The van der Waals surface area contributed by atoms with Gasteiger partial charge in [0, 0.05) is 13.3 Å². The molecule has 0 aliphatic carbocycles. The Morgan fingerprint density at radius 2 is 2.36 bits per heavy atom. The molecule has 0 aliphatic heterocycles. The molecule has 60 valence electrons. The van der Waals surface area contributed by atoms with Crippen molar-refractivity contribution in [3.8, 4) is 0 Å². The molecule has 1 aromatic heterocycles. The highest BCUT2D eigenvalue weighted by atomic mass is 16.5. The maximum atomic E-state index is 5.11. The standard InChI is InChI=1S/C8H12N2O/c1-9-8(11-2)7-5-3-4-6-10-7/h3-6,8-9H,1-2H3. The van der Waals surface area contributed by atoms with Gasteiger partial charge in [-0.1, -0.05) is 6.07 Å². The normalized spacial score (nSPS) is 12.9. The molecule has 3 nitrogen and oxygen atoms in total. The summed E-state index contributed by atoms with van der Waals surface area (Å²) < 4.78 is 5.11. The summed E-state index contributed by atoms with van der Waals surface area (Å²) in [6, 6.07) is 5.74. The van der Waals surface area contributed by atoms with Crippen LogP contribution in [0.15, 0.2) is 24.4 Å². The Morgan fingerprint density at radius 3 is 2.82 bits per heavy atom. The lowest BCUT2D eigenvalue weighted by Gasteiger charge is -2.12. The van der Waals surface area contributed by atoms with Gasteiger partial charge in [0.25, 0.3) is 0 Å². The van der Waals surface area contributed by atoms with Crippen LogP contribution in [-0.2, 0) is 4.74 Å². The third-order valence-corrected chi connectivity index (χ3v) is 1.45. The Hall–Kier alpha value is -0.930. The first-order chi connectivity index (χ1) is 5.38. The SMILES string of the molecule is CNC(OC)c1ccccn1. The van der Waals surface area contributed by atoms with E-state index in [0.29, 0.717) is 0 Å². The first-order valence-electron chi connectivity index (χ1n) is 3.49. The molecule has 1 heterocycles. The highest BCUT2D eigenvalue weighted by molar-refractivity contribution is 5.05. The molecule has 1 atom stereocenters. The van der Waals surface area contributed by atoms with Crippen molar-refractivity contribution in [3.63, 3.8) is 0 Å². The second kappa shape index (κ2) is 4.05. The summed E-state index contributed by atoms with van der Waals surface area (Å²) in [5.74, 6) is 0. The van der Waals surface area contributed by atoms with Crippen LogP contribution in [-0.4, -0.2) is 19.1 Å². The van der Waals surface area contributed by atoms with Crippen LogP contribution >= 0.6 is 0 Å². The molecule has 0 radical (unpaired) electrons.